The second-order valence-electron chi connectivity index (χ2n) is 5.59. The molecule has 1 amide bonds. The van der Waals surface area contributed by atoms with Gasteiger partial charge in [0.15, 0.2) is 5.76 Å². The smallest absolute Gasteiger partial charge is 0.406 e. The number of aryl methyl sites for hydroxylation is 1. The molecule has 140 valence electrons. The molecule has 1 aromatic carbocycles. The summed E-state index contributed by atoms with van der Waals surface area (Å²) in [5.74, 6) is -0.622. The molecule has 27 heavy (non-hydrogen) atoms. The minimum atomic E-state index is -4.78. The van der Waals surface area contributed by atoms with Crippen molar-refractivity contribution in [1.82, 2.24) is 15.5 Å². The summed E-state index contributed by atoms with van der Waals surface area (Å²) in [6.45, 7) is 1.86. The Morgan fingerprint density at radius 2 is 1.96 bits per heavy atom. The number of alkyl halides is 3. The van der Waals surface area contributed by atoms with Crippen molar-refractivity contribution in [2.75, 3.05) is 0 Å². The first kappa shape index (κ1) is 18.4. The predicted octanol–water partition coefficient (Wildman–Crippen LogP) is 3.87. The van der Waals surface area contributed by atoms with Crippen LogP contribution in [-0.4, -0.2) is 22.4 Å². The molecule has 2 heterocycles. The highest BCUT2D eigenvalue weighted by molar-refractivity contribution is 6.00. The Morgan fingerprint density at radius 1 is 1.22 bits per heavy atom. The maximum atomic E-state index is 12.5. The third-order valence-corrected chi connectivity index (χ3v) is 3.62. The van der Waals surface area contributed by atoms with Crippen molar-refractivity contribution >= 4 is 5.91 Å². The summed E-state index contributed by atoms with van der Waals surface area (Å²) in [4.78, 5) is 16.5. The van der Waals surface area contributed by atoms with Gasteiger partial charge >= 0.3 is 6.36 Å². The van der Waals surface area contributed by atoms with Crippen LogP contribution in [0.2, 0.25) is 0 Å². The fourth-order valence-corrected chi connectivity index (χ4v) is 2.42. The normalized spacial score (nSPS) is 11.3. The predicted molar refractivity (Wildman–Crippen MR) is 88.8 cm³/mol. The number of carbonyl (C=O) groups excluding carboxylic acids is 1. The summed E-state index contributed by atoms with van der Waals surface area (Å²) in [6, 6.07) is 8.56. The molecule has 0 saturated heterocycles. The van der Waals surface area contributed by atoms with E-state index in [2.05, 4.69) is 20.2 Å². The molecule has 0 atom stereocenters. The van der Waals surface area contributed by atoms with Crippen molar-refractivity contribution in [3.8, 4) is 17.1 Å². The van der Waals surface area contributed by atoms with E-state index >= 15 is 0 Å². The van der Waals surface area contributed by atoms with Crippen molar-refractivity contribution in [3.63, 3.8) is 0 Å². The van der Waals surface area contributed by atoms with Gasteiger partial charge in [0, 0.05) is 24.5 Å². The van der Waals surface area contributed by atoms with Crippen LogP contribution in [-0.2, 0) is 6.54 Å². The van der Waals surface area contributed by atoms with Gasteiger partial charge < -0.3 is 14.6 Å². The lowest BCUT2D eigenvalue weighted by Crippen LogP contribution is -2.23. The number of aromatic nitrogens is 2. The summed E-state index contributed by atoms with van der Waals surface area (Å²) >= 11 is 0. The molecule has 6 nitrogen and oxygen atoms in total. The monoisotopic (exact) mass is 377 g/mol. The highest BCUT2D eigenvalue weighted by Crippen LogP contribution is 2.29. The molecule has 0 fully saturated rings. The van der Waals surface area contributed by atoms with E-state index in [1.54, 1.807) is 25.4 Å². The van der Waals surface area contributed by atoms with Crippen LogP contribution in [0.15, 0.2) is 53.3 Å². The van der Waals surface area contributed by atoms with Crippen molar-refractivity contribution in [3.05, 3.63) is 65.6 Å². The Kier molecular flexibility index (Phi) is 5.11. The number of nitrogens with zero attached hydrogens (tertiary/aromatic N) is 2. The van der Waals surface area contributed by atoms with E-state index in [0.29, 0.717) is 11.3 Å². The van der Waals surface area contributed by atoms with Crippen molar-refractivity contribution < 1.29 is 27.2 Å². The maximum Gasteiger partial charge on any atom is 0.573 e. The fourth-order valence-electron chi connectivity index (χ4n) is 2.42. The lowest BCUT2D eigenvalue weighted by Gasteiger charge is -2.09. The second-order valence-corrected chi connectivity index (χ2v) is 5.59. The molecule has 2 aromatic heterocycles. The van der Waals surface area contributed by atoms with E-state index < -0.39 is 12.3 Å². The van der Waals surface area contributed by atoms with Gasteiger partial charge in [-0.25, -0.2) is 0 Å². The molecule has 0 spiro atoms. The summed E-state index contributed by atoms with van der Waals surface area (Å²) < 4.78 is 45.8. The first-order valence-electron chi connectivity index (χ1n) is 7.83. The Hall–Kier alpha value is -3.36. The van der Waals surface area contributed by atoms with Crippen LogP contribution in [0.25, 0.3) is 11.3 Å². The average molecular weight is 377 g/mol. The van der Waals surface area contributed by atoms with Crippen LogP contribution in [0.5, 0.6) is 5.75 Å². The second kappa shape index (κ2) is 7.48. The lowest BCUT2D eigenvalue weighted by atomic mass is 10.1. The number of nitrogens with one attached hydrogen (secondary N) is 1. The Labute approximate surface area is 152 Å². The Bertz CT molecular complexity index is 923. The molecule has 0 aliphatic heterocycles. The summed E-state index contributed by atoms with van der Waals surface area (Å²) in [5.41, 5.74) is 1.79. The van der Waals surface area contributed by atoms with Crippen molar-refractivity contribution in [2.24, 2.45) is 0 Å². The fraction of sp³-hybridized carbons (Fsp3) is 0.167. The van der Waals surface area contributed by atoms with Crippen molar-refractivity contribution in [1.29, 1.82) is 0 Å². The summed E-state index contributed by atoms with van der Waals surface area (Å²) in [5, 5.41) is 6.53. The zero-order valence-electron chi connectivity index (χ0n) is 14.1. The zero-order valence-corrected chi connectivity index (χ0v) is 14.1. The molecule has 3 rings (SSSR count). The van der Waals surface area contributed by atoms with Gasteiger partial charge in [0.05, 0.1) is 5.69 Å². The first-order valence-corrected chi connectivity index (χ1v) is 7.83. The van der Waals surface area contributed by atoms with Crippen LogP contribution in [0.4, 0.5) is 13.2 Å². The molecular weight excluding hydrogens is 363 g/mol. The molecule has 0 aliphatic carbocycles. The van der Waals surface area contributed by atoms with Crippen LogP contribution >= 0.6 is 0 Å². The summed E-state index contributed by atoms with van der Waals surface area (Å²) in [6.07, 6.45) is -1.53. The Morgan fingerprint density at radius 3 is 2.59 bits per heavy atom. The number of pyridine rings is 1. The number of carbonyl (C=O) groups is 1. The van der Waals surface area contributed by atoms with Crippen LogP contribution in [0.1, 0.15) is 21.6 Å². The molecule has 0 radical (unpaired) electrons. The number of amides is 1. The largest absolute Gasteiger partial charge is 0.573 e. The van der Waals surface area contributed by atoms with Gasteiger partial charge in [-0.3, -0.25) is 9.78 Å². The highest BCUT2D eigenvalue weighted by atomic mass is 19.4. The van der Waals surface area contributed by atoms with Gasteiger partial charge in [0.2, 0.25) is 0 Å². The van der Waals surface area contributed by atoms with Crippen LogP contribution < -0.4 is 10.1 Å². The molecule has 3 aromatic rings. The molecule has 1 N–H and O–H groups in total. The number of hydrogen-bond donors (Lipinski definition) is 1. The van der Waals surface area contributed by atoms with Crippen LogP contribution in [0.3, 0.4) is 0 Å². The first-order chi connectivity index (χ1) is 12.8. The SMILES string of the molecule is Cc1noc(-c2ccc(OC(F)(F)F)cc2)c1C(=O)NCc1cccnc1. The number of benzene rings is 1. The minimum absolute atomic E-state index is 0.162. The highest BCUT2D eigenvalue weighted by Gasteiger charge is 2.31. The van der Waals surface area contributed by atoms with Gasteiger partial charge in [-0.05, 0) is 42.8 Å². The molecule has 0 unspecified atom stereocenters. The van der Waals surface area contributed by atoms with Gasteiger partial charge in [-0.2, -0.15) is 0 Å². The average Bonchev–Trinajstić information content (AvgIpc) is 3.01. The maximum absolute atomic E-state index is 12.5. The van der Waals surface area contributed by atoms with Gasteiger partial charge in [0.1, 0.15) is 11.3 Å². The number of ether oxygens (including phenoxy) is 1. The molecule has 0 bridgehead atoms. The molecule has 0 saturated carbocycles. The molecule has 9 heteroatoms. The number of halogens is 3. The standard InChI is InChI=1S/C18H14F3N3O3/c1-11-15(17(25)23-10-12-3-2-8-22-9-12)16(27-24-11)13-4-6-14(7-5-13)26-18(19,20)21/h2-9H,10H2,1H3,(H,23,25). The topological polar surface area (TPSA) is 77.2 Å². The van der Waals surface area contributed by atoms with E-state index in [0.717, 1.165) is 17.7 Å². The van der Waals surface area contributed by atoms with E-state index in [9.17, 15) is 18.0 Å². The lowest BCUT2D eigenvalue weighted by molar-refractivity contribution is -0.274. The minimum Gasteiger partial charge on any atom is -0.406 e. The van der Waals surface area contributed by atoms with Gasteiger partial charge in [0.25, 0.3) is 5.91 Å². The zero-order chi connectivity index (χ0) is 19.4. The van der Waals surface area contributed by atoms with E-state index in [1.807, 2.05) is 6.07 Å². The molecule has 0 aliphatic rings. The Balaban J connectivity index is 1.79. The van der Waals surface area contributed by atoms with E-state index in [4.69, 9.17) is 4.52 Å². The van der Waals surface area contributed by atoms with Gasteiger partial charge in [-0.1, -0.05) is 11.2 Å². The van der Waals surface area contributed by atoms with E-state index in [-0.39, 0.29) is 23.6 Å². The number of rotatable bonds is 5. The summed E-state index contributed by atoms with van der Waals surface area (Å²) in [7, 11) is 0. The third-order valence-electron chi connectivity index (χ3n) is 3.62. The van der Waals surface area contributed by atoms with E-state index in [1.165, 1.54) is 12.1 Å². The van der Waals surface area contributed by atoms with Crippen LogP contribution in [0, 0.1) is 6.92 Å². The molecular formula is C18H14F3N3O3. The third kappa shape index (κ3) is 4.63. The quantitative estimate of drug-likeness (QED) is 0.730. The van der Waals surface area contributed by atoms with Gasteiger partial charge in [-0.15, -0.1) is 13.2 Å². The number of hydrogen-bond acceptors (Lipinski definition) is 5. The van der Waals surface area contributed by atoms with Crippen molar-refractivity contribution in [2.45, 2.75) is 19.8 Å².